The number of aromatic nitrogens is 1. The summed E-state index contributed by atoms with van der Waals surface area (Å²) in [5.41, 5.74) is 0. The van der Waals surface area contributed by atoms with E-state index in [-0.39, 0.29) is 10.9 Å². The Kier molecular flexibility index (Phi) is 4.85. The number of sulfonamides is 1. The molecule has 16 heavy (non-hydrogen) atoms. The fourth-order valence-corrected chi connectivity index (χ4v) is 2.50. The van der Waals surface area contributed by atoms with Gasteiger partial charge < -0.3 is 4.74 Å². The molecule has 0 radical (unpaired) electrons. The summed E-state index contributed by atoms with van der Waals surface area (Å²) in [6.45, 7) is 2.26. The van der Waals surface area contributed by atoms with E-state index in [9.17, 15) is 8.42 Å². The van der Waals surface area contributed by atoms with E-state index in [0.29, 0.717) is 13.0 Å². The van der Waals surface area contributed by atoms with Crippen LogP contribution in [-0.2, 0) is 14.8 Å². The Morgan fingerprint density at radius 2 is 2.31 bits per heavy atom. The quantitative estimate of drug-likeness (QED) is 0.803. The van der Waals surface area contributed by atoms with Gasteiger partial charge in [-0.05, 0) is 18.6 Å². The van der Waals surface area contributed by atoms with Crippen LogP contribution in [0, 0.1) is 0 Å². The van der Waals surface area contributed by atoms with Crippen LogP contribution in [0.4, 0.5) is 0 Å². The molecule has 0 aliphatic heterocycles. The zero-order valence-electron chi connectivity index (χ0n) is 9.38. The summed E-state index contributed by atoms with van der Waals surface area (Å²) in [6, 6.07) is 2.89. The van der Waals surface area contributed by atoms with Crippen LogP contribution in [0.25, 0.3) is 0 Å². The van der Waals surface area contributed by atoms with E-state index in [0.717, 1.165) is 0 Å². The molecule has 0 saturated carbocycles. The van der Waals surface area contributed by atoms with Crippen LogP contribution in [0.1, 0.15) is 13.3 Å². The number of hydrogen-bond donors (Lipinski definition) is 1. The van der Waals surface area contributed by atoms with Crippen molar-refractivity contribution in [3.8, 4) is 0 Å². The summed E-state index contributed by atoms with van der Waals surface area (Å²) in [7, 11) is -1.94. The summed E-state index contributed by atoms with van der Waals surface area (Å²) in [6.07, 6.45) is 3.53. The molecule has 1 rings (SSSR count). The molecule has 1 aromatic heterocycles. The Balaban J connectivity index is 2.79. The Morgan fingerprint density at radius 1 is 1.56 bits per heavy atom. The first-order valence-electron chi connectivity index (χ1n) is 5.01. The molecule has 0 aliphatic carbocycles. The van der Waals surface area contributed by atoms with Crippen LogP contribution in [-0.4, -0.2) is 33.2 Å². The number of nitrogens with one attached hydrogen (secondary N) is 1. The molecular weight excluding hydrogens is 228 g/mol. The minimum atomic E-state index is -3.49. The second-order valence-electron chi connectivity index (χ2n) is 3.37. The molecule has 0 fully saturated rings. The van der Waals surface area contributed by atoms with Gasteiger partial charge in [-0.2, -0.15) is 0 Å². The normalized spacial score (nSPS) is 13.6. The first kappa shape index (κ1) is 13.1. The number of ether oxygens (including phenoxy) is 1. The second-order valence-corrected chi connectivity index (χ2v) is 5.08. The van der Waals surface area contributed by atoms with Crippen molar-refractivity contribution in [2.45, 2.75) is 24.3 Å². The first-order valence-corrected chi connectivity index (χ1v) is 6.49. The Bertz CT molecular complexity index is 405. The summed E-state index contributed by atoms with van der Waals surface area (Å²) in [5, 5.41) is 0. The van der Waals surface area contributed by atoms with Crippen molar-refractivity contribution < 1.29 is 13.2 Å². The zero-order valence-corrected chi connectivity index (χ0v) is 10.2. The molecule has 0 saturated heterocycles. The zero-order chi connectivity index (χ0) is 12.0. The Morgan fingerprint density at radius 3 is 2.81 bits per heavy atom. The monoisotopic (exact) mass is 244 g/mol. The maximum atomic E-state index is 11.9. The van der Waals surface area contributed by atoms with Gasteiger partial charge in [-0.15, -0.1) is 0 Å². The number of nitrogens with zero attached hydrogens (tertiary/aromatic N) is 1. The van der Waals surface area contributed by atoms with Gasteiger partial charge in [0.1, 0.15) is 4.90 Å². The van der Waals surface area contributed by atoms with Crippen molar-refractivity contribution in [3.63, 3.8) is 0 Å². The molecule has 0 aromatic carbocycles. The van der Waals surface area contributed by atoms with Crippen LogP contribution < -0.4 is 4.72 Å². The summed E-state index contributed by atoms with van der Waals surface area (Å²) < 4.78 is 31.2. The molecule has 1 atom stereocenters. The molecule has 0 bridgehead atoms. The van der Waals surface area contributed by atoms with E-state index in [4.69, 9.17) is 4.74 Å². The lowest BCUT2D eigenvalue weighted by atomic mass is 10.3. The molecule has 90 valence electrons. The van der Waals surface area contributed by atoms with Crippen molar-refractivity contribution in [3.05, 3.63) is 24.5 Å². The van der Waals surface area contributed by atoms with Gasteiger partial charge in [0.2, 0.25) is 10.0 Å². The van der Waals surface area contributed by atoms with Crippen LogP contribution in [0.5, 0.6) is 0 Å². The highest BCUT2D eigenvalue weighted by molar-refractivity contribution is 7.89. The third-order valence-electron chi connectivity index (χ3n) is 2.13. The van der Waals surface area contributed by atoms with E-state index in [1.165, 1.54) is 18.5 Å². The highest BCUT2D eigenvalue weighted by Crippen LogP contribution is 2.07. The molecule has 1 aromatic rings. The fraction of sp³-hybridized carbons (Fsp3) is 0.500. The lowest BCUT2D eigenvalue weighted by Crippen LogP contribution is -2.37. The van der Waals surface area contributed by atoms with Crippen molar-refractivity contribution >= 4 is 10.0 Å². The molecular formula is C10H16N2O3S. The van der Waals surface area contributed by atoms with E-state index in [1.807, 2.05) is 6.92 Å². The molecule has 1 heterocycles. The maximum absolute atomic E-state index is 11.9. The lowest BCUT2D eigenvalue weighted by Gasteiger charge is -2.15. The Labute approximate surface area is 95.9 Å². The van der Waals surface area contributed by atoms with Gasteiger partial charge in [-0.25, -0.2) is 13.1 Å². The molecule has 1 N–H and O–H groups in total. The fourth-order valence-electron chi connectivity index (χ4n) is 1.23. The van der Waals surface area contributed by atoms with Gasteiger partial charge in [-0.3, -0.25) is 4.98 Å². The van der Waals surface area contributed by atoms with Crippen molar-refractivity contribution in [1.29, 1.82) is 0 Å². The van der Waals surface area contributed by atoms with Crippen molar-refractivity contribution in [1.82, 2.24) is 9.71 Å². The third kappa shape index (κ3) is 3.55. The standard InChI is InChI=1S/C10H16N2O3S/c1-3-9(8-15-2)12-16(13,14)10-5-4-6-11-7-10/h4-7,9,12H,3,8H2,1-2H3. The molecule has 1 unspecified atom stereocenters. The predicted octanol–water partition coefficient (Wildman–Crippen LogP) is 0.785. The summed E-state index contributed by atoms with van der Waals surface area (Å²) in [4.78, 5) is 3.95. The SMILES string of the molecule is CCC(COC)NS(=O)(=O)c1cccnc1. The van der Waals surface area contributed by atoms with Crippen molar-refractivity contribution in [2.75, 3.05) is 13.7 Å². The van der Waals surface area contributed by atoms with Crippen LogP contribution in [0.3, 0.4) is 0 Å². The smallest absolute Gasteiger partial charge is 0.242 e. The molecule has 6 heteroatoms. The lowest BCUT2D eigenvalue weighted by molar-refractivity contribution is 0.173. The van der Waals surface area contributed by atoms with E-state index < -0.39 is 10.0 Å². The predicted molar refractivity (Wildman–Crippen MR) is 60.5 cm³/mol. The largest absolute Gasteiger partial charge is 0.383 e. The van der Waals surface area contributed by atoms with Gasteiger partial charge in [0.15, 0.2) is 0 Å². The first-order chi connectivity index (χ1) is 7.60. The summed E-state index contributed by atoms with van der Waals surface area (Å²) >= 11 is 0. The molecule has 0 amide bonds. The number of rotatable bonds is 6. The number of methoxy groups -OCH3 is 1. The van der Waals surface area contributed by atoms with Gasteiger partial charge in [0.05, 0.1) is 6.61 Å². The van der Waals surface area contributed by atoms with Crippen molar-refractivity contribution in [2.24, 2.45) is 0 Å². The van der Waals surface area contributed by atoms with E-state index in [2.05, 4.69) is 9.71 Å². The average Bonchev–Trinajstić information content (AvgIpc) is 2.29. The molecule has 5 nitrogen and oxygen atoms in total. The van der Waals surface area contributed by atoms with Crippen LogP contribution in [0.2, 0.25) is 0 Å². The average molecular weight is 244 g/mol. The number of pyridine rings is 1. The highest BCUT2D eigenvalue weighted by atomic mass is 32.2. The van der Waals surface area contributed by atoms with E-state index >= 15 is 0 Å². The van der Waals surface area contributed by atoms with E-state index in [1.54, 1.807) is 13.2 Å². The Hall–Kier alpha value is -0.980. The van der Waals surface area contributed by atoms with Gasteiger partial charge in [-0.1, -0.05) is 6.92 Å². The topological polar surface area (TPSA) is 68.3 Å². The summed E-state index contributed by atoms with van der Waals surface area (Å²) in [5.74, 6) is 0. The number of hydrogen-bond acceptors (Lipinski definition) is 4. The maximum Gasteiger partial charge on any atom is 0.242 e. The van der Waals surface area contributed by atoms with Gasteiger partial charge >= 0.3 is 0 Å². The van der Waals surface area contributed by atoms with Gasteiger partial charge in [0.25, 0.3) is 0 Å². The highest BCUT2D eigenvalue weighted by Gasteiger charge is 2.18. The van der Waals surface area contributed by atoms with Crippen LogP contribution in [0.15, 0.2) is 29.4 Å². The molecule has 0 spiro atoms. The third-order valence-corrected chi connectivity index (χ3v) is 3.63. The minimum absolute atomic E-state index is 0.171. The van der Waals surface area contributed by atoms with Crippen LogP contribution >= 0.6 is 0 Å². The molecule has 0 aliphatic rings. The van der Waals surface area contributed by atoms with Gasteiger partial charge in [0, 0.05) is 25.5 Å². The minimum Gasteiger partial charge on any atom is -0.383 e. The second kappa shape index (κ2) is 5.93.